The highest BCUT2D eigenvalue weighted by molar-refractivity contribution is 5.61. The normalized spacial score (nSPS) is 10.5. The van der Waals surface area contributed by atoms with E-state index >= 15 is 0 Å². The van der Waals surface area contributed by atoms with E-state index < -0.39 is 0 Å². The van der Waals surface area contributed by atoms with E-state index in [1.807, 2.05) is 54.6 Å². The lowest BCUT2D eigenvalue weighted by molar-refractivity contribution is 1.02. The number of rotatable bonds is 7. The number of nitrogens with one attached hydrogen (secondary N) is 2. The lowest BCUT2D eigenvalue weighted by atomic mass is 10.1. The summed E-state index contributed by atoms with van der Waals surface area (Å²) in [6.07, 6.45) is 1.79. The number of aryl methyl sites for hydroxylation is 1. The van der Waals surface area contributed by atoms with Crippen LogP contribution < -0.4 is 10.6 Å². The summed E-state index contributed by atoms with van der Waals surface area (Å²) in [7, 11) is 0. The first-order chi connectivity index (χ1) is 14.3. The van der Waals surface area contributed by atoms with E-state index in [9.17, 15) is 0 Å². The lowest BCUT2D eigenvalue weighted by Crippen LogP contribution is -2.07. The second kappa shape index (κ2) is 8.97. The van der Waals surface area contributed by atoms with Gasteiger partial charge in [0.15, 0.2) is 5.82 Å². The van der Waals surface area contributed by atoms with Crippen molar-refractivity contribution in [3.05, 3.63) is 102 Å². The fraction of sp³-hybridized carbons (Fsp3) is 0.125. The van der Waals surface area contributed by atoms with Crippen molar-refractivity contribution in [1.82, 2.24) is 15.0 Å². The third-order valence-electron chi connectivity index (χ3n) is 4.49. The molecule has 2 aromatic heterocycles. The van der Waals surface area contributed by atoms with Crippen LogP contribution in [0.15, 0.2) is 85.1 Å². The fourth-order valence-electron chi connectivity index (χ4n) is 3.04. The van der Waals surface area contributed by atoms with Gasteiger partial charge in [0.1, 0.15) is 11.6 Å². The Bertz CT molecular complexity index is 1060. The molecule has 2 aromatic carbocycles. The molecule has 0 aliphatic heterocycles. The number of anilines is 2. The summed E-state index contributed by atoms with van der Waals surface area (Å²) >= 11 is 0. The van der Waals surface area contributed by atoms with Crippen molar-refractivity contribution in [3.63, 3.8) is 0 Å². The molecule has 0 saturated heterocycles. The van der Waals surface area contributed by atoms with Gasteiger partial charge in [-0.3, -0.25) is 4.98 Å². The number of hydrogen-bond acceptors (Lipinski definition) is 5. The first kappa shape index (κ1) is 18.6. The second-order valence-corrected chi connectivity index (χ2v) is 6.85. The van der Waals surface area contributed by atoms with Gasteiger partial charge in [-0.2, -0.15) is 0 Å². The maximum Gasteiger partial charge on any atom is 0.163 e. The van der Waals surface area contributed by atoms with E-state index in [-0.39, 0.29) is 0 Å². The first-order valence-electron chi connectivity index (χ1n) is 9.64. The van der Waals surface area contributed by atoms with Gasteiger partial charge in [-0.15, -0.1) is 0 Å². The predicted molar refractivity (Wildman–Crippen MR) is 118 cm³/mol. The molecule has 4 rings (SSSR count). The van der Waals surface area contributed by atoms with Crippen molar-refractivity contribution >= 4 is 11.6 Å². The molecular weight excluding hydrogens is 358 g/mol. The van der Waals surface area contributed by atoms with Gasteiger partial charge in [-0.25, -0.2) is 9.97 Å². The van der Waals surface area contributed by atoms with Crippen molar-refractivity contribution in [2.45, 2.75) is 20.0 Å². The number of hydrogen-bond donors (Lipinski definition) is 2. The van der Waals surface area contributed by atoms with Crippen LogP contribution in [0, 0.1) is 6.92 Å². The van der Waals surface area contributed by atoms with Gasteiger partial charge in [0, 0.05) is 24.4 Å². The molecule has 0 spiro atoms. The minimum Gasteiger partial charge on any atom is -0.366 e. The fourth-order valence-corrected chi connectivity index (χ4v) is 3.04. The van der Waals surface area contributed by atoms with Crippen molar-refractivity contribution < 1.29 is 0 Å². The third kappa shape index (κ3) is 5.17. The second-order valence-electron chi connectivity index (χ2n) is 6.85. The van der Waals surface area contributed by atoms with Crippen molar-refractivity contribution in [3.8, 4) is 11.4 Å². The van der Waals surface area contributed by atoms with Gasteiger partial charge in [-0.1, -0.05) is 66.2 Å². The molecule has 0 saturated carbocycles. The molecule has 0 atom stereocenters. The Morgan fingerprint density at radius 2 is 1.48 bits per heavy atom. The van der Waals surface area contributed by atoms with Crippen LogP contribution in [-0.4, -0.2) is 15.0 Å². The molecule has 5 heteroatoms. The van der Waals surface area contributed by atoms with Crippen LogP contribution in [0.25, 0.3) is 11.4 Å². The van der Waals surface area contributed by atoms with E-state index in [2.05, 4.69) is 46.8 Å². The lowest BCUT2D eigenvalue weighted by Gasteiger charge is -2.12. The molecule has 0 radical (unpaired) electrons. The molecule has 0 bridgehead atoms. The van der Waals surface area contributed by atoms with E-state index in [1.165, 1.54) is 11.1 Å². The van der Waals surface area contributed by atoms with E-state index in [1.54, 1.807) is 6.20 Å². The summed E-state index contributed by atoms with van der Waals surface area (Å²) in [4.78, 5) is 13.8. The van der Waals surface area contributed by atoms with Crippen molar-refractivity contribution in [2.75, 3.05) is 10.6 Å². The Labute approximate surface area is 170 Å². The zero-order valence-electron chi connectivity index (χ0n) is 16.3. The summed E-state index contributed by atoms with van der Waals surface area (Å²) < 4.78 is 0. The van der Waals surface area contributed by atoms with Crippen LogP contribution >= 0.6 is 0 Å². The van der Waals surface area contributed by atoms with Crippen LogP contribution in [0.2, 0.25) is 0 Å². The zero-order chi connectivity index (χ0) is 19.9. The molecule has 2 heterocycles. The summed E-state index contributed by atoms with van der Waals surface area (Å²) in [5.74, 6) is 2.23. The zero-order valence-corrected chi connectivity index (χ0v) is 16.3. The quantitative estimate of drug-likeness (QED) is 0.468. The highest BCUT2D eigenvalue weighted by atomic mass is 15.1. The summed E-state index contributed by atoms with van der Waals surface area (Å²) in [5.41, 5.74) is 4.40. The number of aromatic nitrogens is 3. The van der Waals surface area contributed by atoms with Crippen LogP contribution in [0.5, 0.6) is 0 Å². The molecule has 5 nitrogen and oxygen atoms in total. The van der Waals surface area contributed by atoms with Crippen LogP contribution in [0.1, 0.15) is 16.8 Å². The maximum absolute atomic E-state index is 4.72. The average molecular weight is 381 g/mol. The molecular formula is C24H23N5. The summed E-state index contributed by atoms with van der Waals surface area (Å²) in [6.45, 7) is 3.40. The maximum atomic E-state index is 4.72. The molecule has 2 N–H and O–H groups in total. The van der Waals surface area contributed by atoms with Gasteiger partial charge in [-0.05, 0) is 24.6 Å². The van der Waals surface area contributed by atoms with Gasteiger partial charge in [0.2, 0.25) is 0 Å². The number of pyridine rings is 1. The average Bonchev–Trinajstić information content (AvgIpc) is 2.78. The monoisotopic (exact) mass is 381 g/mol. The molecule has 29 heavy (non-hydrogen) atoms. The van der Waals surface area contributed by atoms with Crippen molar-refractivity contribution in [1.29, 1.82) is 0 Å². The Morgan fingerprint density at radius 1 is 0.724 bits per heavy atom. The summed E-state index contributed by atoms with van der Waals surface area (Å²) in [5, 5.41) is 6.80. The smallest absolute Gasteiger partial charge is 0.163 e. The third-order valence-corrected chi connectivity index (χ3v) is 4.49. The van der Waals surface area contributed by atoms with Crippen LogP contribution in [0.4, 0.5) is 11.6 Å². The minimum atomic E-state index is 0.601. The van der Waals surface area contributed by atoms with Gasteiger partial charge < -0.3 is 10.6 Å². The largest absolute Gasteiger partial charge is 0.366 e. The summed E-state index contributed by atoms with van der Waals surface area (Å²) in [6, 6.07) is 26.3. The van der Waals surface area contributed by atoms with Crippen LogP contribution in [-0.2, 0) is 13.1 Å². The highest BCUT2D eigenvalue weighted by Crippen LogP contribution is 2.21. The molecule has 0 amide bonds. The Balaban J connectivity index is 1.57. The first-order valence-corrected chi connectivity index (χ1v) is 9.64. The molecule has 144 valence electrons. The Hall–Kier alpha value is -3.73. The van der Waals surface area contributed by atoms with Crippen LogP contribution in [0.3, 0.4) is 0 Å². The van der Waals surface area contributed by atoms with Crippen molar-refractivity contribution in [2.24, 2.45) is 0 Å². The molecule has 0 aliphatic rings. The number of benzene rings is 2. The molecule has 0 unspecified atom stereocenters. The highest BCUT2D eigenvalue weighted by Gasteiger charge is 2.07. The van der Waals surface area contributed by atoms with Gasteiger partial charge >= 0.3 is 0 Å². The minimum absolute atomic E-state index is 0.601. The Morgan fingerprint density at radius 3 is 2.21 bits per heavy atom. The molecule has 4 aromatic rings. The van der Waals surface area contributed by atoms with E-state index in [0.717, 1.165) is 22.9 Å². The van der Waals surface area contributed by atoms with Gasteiger partial charge in [0.25, 0.3) is 0 Å². The van der Waals surface area contributed by atoms with Gasteiger partial charge in [0.05, 0.1) is 12.2 Å². The number of nitrogens with zero attached hydrogens (tertiary/aromatic N) is 3. The molecule has 0 aliphatic carbocycles. The van der Waals surface area contributed by atoms with E-state index in [4.69, 9.17) is 9.97 Å². The molecule has 0 fully saturated rings. The SMILES string of the molecule is Cc1cccc(CNc2cc(NCc3ccccn3)nc(-c3ccccc3)n2)c1. The van der Waals surface area contributed by atoms with E-state index in [0.29, 0.717) is 18.9 Å². The topological polar surface area (TPSA) is 62.7 Å². The standard InChI is InChI=1S/C24H23N5/c1-18-8-7-9-19(14-18)16-26-22-15-23(27-17-21-12-5-6-13-25-21)29-24(28-22)20-10-3-2-4-11-20/h2-15H,16-17H2,1H3,(H2,26,27,28,29). The Kier molecular flexibility index (Phi) is 5.76. The predicted octanol–water partition coefficient (Wildman–Crippen LogP) is 5.07.